The fourth-order valence-corrected chi connectivity index (χ4v) is 4.17. The van der Waals surface area contributed by atoms with Crippen LogP contribution in [-0.4, -0.2) is 56.3 Å². The van der Waals surface area contributed by atoms with E-state index in [1.807, 2.05) is 47.8 Å². The monoisotopic (exact) mass is 439 g/mol. The van der Waals surface area contributed by atoms with Gasteiger partial charge in [0.05, 0.1) is 33.1 Å². The van der Waals surface area contributed by atoms with Gasteiger partial charge in [-0.15, -0.1) is 11.3 Å². The van der Waals surface area contributed by atoms with E-state index in [2.05, 4.69) is 15.2 Å². The molecule has 0 bridgehead atoms. The Balaban J connectivity index is 1.44. The lowest BCUT2D eigenvalue weighted by Gasteiger charge is -2.26. The third-order valence-electron chi connectivity index (χ3n) is 5.10. The summed E-state index contributed by atoms with van der Waals surface area (Å²) in [6.45, 7) is 4.15. The summed E-state index contributed by atoms with van der Waals surface area (Å²) in [5.74, 6) is 1.12. The number of rotatable bonds is 7. The van der Waals surface area contributed by atoms with Crippen molar-refractivity contribution in [2.45, 2.75) is 6.54 Å². The molecule has 0 aliphatic carbocycles. The standard InChI is InChI=1S/C23H25N3O4S/c1-28-20-7-6-17(13-21(20)29-2)19-15-31-23(24-19)25-22(27)18-5-3-4-16(12-18)14-26-8-10-30-11-9-26/h3-7,12-13,15H,8-11,14H2,1-2H3,(H,24,25,27). The van der Waals surface area contributed by atoms with Crippen LogP contribution in [0.2, 0.25) is 0 Å². The summed E-state index contributed by atoms with van der Waals surface area (Å²) in [5.41, 5.74) is 3.39. The highest BCUT2D eigenvalue weighted by molar-refractivity contribution is 7.14. The maximum atomic E-state index is 12.8. The second-order valence-corrected chi connectivity index (χ2v) is 8.01. The lowest BCUT2D eigenvalue weighted by Crippen LogP contribution is -2.35. The lowest BCUT2D eigenvalue weighted by atomic mass is 10.1. The van der Waals surface area contributed by atoms with Gasteiger partial charge in [0, 0.05) is 36.1 Å². The average Bonchev–Trinajstić information content (AvgIpc) is 3.28. The van der Waals surface area contributed by atoms with Gasteiger partial charge in [0.25, 0.3) is 5.91 Å². The molecule has 31 heavy (non-hydrogen) atoms. The molecule has 0 saturated carbocycles. The van der Waals surface area contributed by atoms with Gasteiger partial charge >= 0.3 is 0 Å². The Morgan fingerprint density at radius 3 is 2.71 bits per heavy atom. The molecule has 162 valence electrons. The van der Waals surface area contributed by atoms with Crippen molar-refractivity contribution in [3.05, 3.63) is 59.0 Å². The highest BCUT2D eigenvalue weighted by Crippen LogP contribution is 2.33. The number of ether oxygens (including phenoxy) is 3. The molecule has 1 saturated heterocycles. The van der Waals surface area contributed by atoms with Crippen molar-refractivity contribution in [1.29, 1.82) is 0 Å². The number of anilines is 1. The van der Waals surface area contributed by atoms with E-state index in [4.69, 9.17) is 14.2 Å². The summed E-state index contributed by atoms with van der Waals surface area (Å²) in [7, 11) is 3.20. The Hall–Kier alpha value is -2.94. The van der Waals surface area contributed by atoms with Crippen molar-refractivity contribution in [3.8, 4) is 22.8 Å². The molecule has 3 aromatic rings. The van der Waals surface area contributed by atoms with Gasteiger partial charge in [0.15, 0.2) is 16.6 Å². The zero-order chi connectivity index (χ0) is 21.6. The van der Waals surface area contributed by atoms with E-state index in [1.54, 1.807) is 14.2 Å². The number of benzene rings is 2. The van der Waals surface area contributed by atoms with Gasteiger partial charge in [0.2, 0.25) is 0 Å². The van der Waals surface area contributed by atoms with Crippen LogP contribution in [0.5, 0.6) is 11.5 Å². The number of methoxy groups -OCH3 is 2. The fourth-order valence-electron chi connectivity index (χ4n) is 3.46. The molecule has 1 aliphatic heterocycles. The topological polar surface area (TPSA) is 72.9 Å². The molecule has 1 fully saturated rings. The number of hydrogen-bond acceptors (Lipinski definition) is 7. The predicted molar refractivity (Wildman–Crippen MR) is 121 cm³/mol. The Morgan fingerprint density at radius 1 is 1.13 bits per heavy atom. The average molecular weight is 440 g/mol. The highest BCUT2D eigenvalue weighted by atomic mass is 32.1. The third-order valence-corrected chi connectivity index (χ3v) is 5.86. The Bertz CT molecular complexity index is 1050. The van der Waals surface area contributed by atoms with Gasteiger partial charge in [-0.2, -0.15) is 0 Å². The summed E-state index contributed by atoms with van der Waals surface area (Å²) in [4.78, 5) is 19.7. The molecule has 2 aromatic carbocycles. The van der Waals surface area contributed by atoms with E-state index >= 15 is 0 Å². The van der Waals surface area contributed by atoms with Crippen LogP contribution >= 0.6 is 11.3 Å². The third kappa shape index (κ3) is 5.22. The molecule has 0 spiro atoms. The molecule has 8 heteroatoms. The number of nitrogens with zero attached hydrogens (tertiary/aromatic N) is 2. The number of carbonyl (C=O) groups excluding carboxylic acids is 1. The predicted octanol–water partition coefficient (Wildman–Crippen LogP) is 3.91. The van der Waals surface area contributed by atoms with Crippen molar-refractivity contribution >= 4 is 22.4 Å². The first-order chi connectivity index (χ1) is 15.2. The summed E-state index contributed by atoms with van der Waals surface area (Å²) in [6.07, 6.45) is 0. The molecule has 2 heterocycles. The van der Waals surface area contributed by atoms with Gasteiger partial charge in [-0.3, -0.25) is 15.0 Å². The van der Waals surface area contributed by atoms with Crippen LogP contribution in [0.3, 0.4) is 0 Å². The van der Waals surface area contributed by atoms with Crippen LogP contribution in [0, 0.1) is 0 Å². The van der Waals surface area contributed by atoms with E-state index < -0.39 is 0 Å². The highest BCUT2D eigenvalue weighted by Gasteiger charge is 2.14. The molecule has 1 N–H and O–H groups in total. The van der Waals surface area contributed by atoms with Crippen LogP contribution in [-0.2, 0) is 11.3 Å². The summed E-state index contributed by atoms with van der Waals surface area (Å²) < 4.78 is 16.0. The number of nitrogens with one attached hydrogen (secondary N) is 1. The minimum absolute atomic E-state index is 0.169. The van der Waals surface area contributed by atoms with Gasteiger partial charge in [-0.1, -0.05) is 12.1 Å². The fraction of sp³-hybridized carbons (Fsp3) is 0.304. The van der Waals surface area contributed by atoms with Crippen molar-refractivity contribution in [1.82, 2.24) is 9.88 Å². The van der Waals surface area contributed by atoms with Crippen LogP contribution < -0.4 is 14.8 Å². The molecular weight excluding hydrogens is 414 g/mol. The normalized spacial score (nSPS) is 14.3. The molecular formula is C23H25N3O4S. The smallest absolute Gasteiger partial charge is 0.257 e. The molecule has 4 rings (SSSR count). The molecule has 1 aliphatic rings. The quantitative estimate of drug-likeness (QED) is 0.602. The second kappa shape index (κ2) is 9.91. The second-order valence-electron chi connectivity index (χ2n) is 7.15. The summed E-state index contributed by atoms with van der Waals surface area (Å²) in [6, 6.07) is 13.3. The van der Waals surface area contributed by atoms with Crippen molar-refractivity contribution < 1.29 is 19.0 Å². The number of hydrogen-bond donors (Lipinski definition) is 1. The SMILES string of the molecule is COc1ccc(-c2csc(NC(=O)c3cccc(CN4CCOCC4)c3)n2)cc1OC. The van der Waals surface area contributed by atoms with Gasteiger partial charge in [-0.05, 0) is 35.9 Å². The Kier molecular flexibility index (Phi) is 6.81. The van der Waals surface area contributed by atoms with Gasteiger partial charge in [0.1, 0.15) is 0 Å². The van der Waals surface area contributed by atoms with Crippen LogP contribution in [0.4, 0.5) is 5.13 Å². The van der Waals surface area contributed by atoms with E-state index in [0.29, 0.717) is 22.2 Å². The number of amides is 1. The Morgan fingerprint density at radius 2 is 1.94 bits per heavy atom. The maximum Gasteiger partial charge on any atom is 0.257 e. The number of carbonyl (C=O) groups is 1. The number of thiazole rings is 1. The number of aromatic nitrogens is 1. The van der Waals surface area contributed by atoms with Crippen LogP contribution in [0.15, 0.2) is 47.8 Å². The van der Waals surface area contributed by atoms with Crippen LogP contribution in [0.1, 0.15) is 15.9 Å². The zero-order valence-corrected chi connectivity index (χ0v) is 18.4. The number of morpholine rings is 1. The van der Waals surface area contributed by atoms with Crippen molar-refractivity contribution in [2.24, 2.45) is 0 Å². The molecule has 0 radical (unpaired) electrons. The first kappa shape index (κ1) is 21.3. The molecule has 0 unspecified atom stereocenters. The van der Waals surface area contributed by atoms with Gasteiger partial charge in [-0.25, -0.2) is 4.98 Å². The summed E-state index contributed by atoms with van der Waals surface area (Å²) >= 11 is 1.39. The molecule has 1 aromatic heterocycles. The van der Waals surface area contributed by atoms with Gasteiger partial charge < -0.3 is 14.2 Å². The zero-order valence-electron chi connectivity index (χ0n) is 17.6. The maximum absolute atomic E-state index is 12.8. The van der Waals surface area contributed by atoms with Crippen molar-refractivity contribution in [2.75, 3.05) is 45.8 Å². The molecule has 0 atom stereocenters. The first-order valence-corrected chi connectivity index (χ1v) is 10.9. The minimum atomic E-state index is -0.169. The van der Waals surface area contributed by atoms with E-state index in [1.165, 1.54) is 11.3 Å². The summed E-state index contributed by atoms with van der Waals surface area (Å²) in [5, 5.41) is 5.37. The van der Waals surface area contributed by atoms with Crippen LogP contribution in [0.25, 0.3) is 11.3 Å². The molecule has 1 amide bonds. The first-order valence-electron chi connectivity index (χ1n) is 10.0. The Labute approximate surface area is 185 Å². The molecule has 7 nitrogen and oxygen atoms in total. The van der Waals surface area contributed by atoms with E-state index in [-0.39, 0.29) is 5.91 Å². The van der Waals surface area contributed by atoms with E-state index in [0.717, 1.165) is 49.7 Å². The van der Waals surface area contributed by atoms with Crippen molar-refractivity contribution in [3.63, 3.8) is 0 Å². The minimum Gasteiger partial charge on any atom is -0.493 e. The lowest BCUT2D eigenvalue weighted by molar-refractivity contribution is 0.0342. The largest absolute Gasteiger partial charge is 0.493 e. The van der Waals surface area contributed by atoms with E-state index in [9.17, 15) is 4.79 Å².